The maximum atomic E-state index is 15.5. The summed E-state index contributed by atoms with van der Waals surface area (Å²) in [6.07, 6.45) is 2.87. The molecule has 4 rings (SSSR count). The maximum Gasteiger partial charge on any atom is 0.431 e. The van der Waals surface area contributed by atoms with Gasteiger partial charge in [0.15, 0.2) is 0 Å². The summed E-state index contributed by atoms with van der Waals surface area (Å²) >= 11 is 1.39. The van der Waals surface area contributed by atoms with Crippen molar-refractivity contribution in [2.24, 2.45) is 10.7 Å². The summed E-state index contributed by atoms with van der Waals surface area (Å²) in [5.41, 5.74) is 4.37. The first-order valence-corrected chi connectivity index (χ1v) is 14.2. The van der Waals surface area contributed by atoms with Crippen LogP contribution in [-0.2, 0) is 11.3 Å². The van der Waals surface area contributed by atoms with Crippen LogP contribution in [0.3, 0.4) is 0 Å². The second kappa shape index (κ2) is 12.9. The highest BCUT2D eigenvalue weighted by molar-refractivity contribution is 7.12. The predicted octanol–water partition coefficient (Wildman–Crippen LogP) is 5.92. The zero-order valence-corrected chi connectivity index (χ0v) is 23.7. The molecule has 1 fully saturated rings. The van der Waals surface area contributed by atoms with E-state index in [1.165, 1.54) is 29.6 Å². The van der Waals surface area contributed by atoms with Gasteiger partial charge in [-0.2, -0.15) is 13.2 Å². The molecule has 2 aliphatic heterocycles. The first-order valence-electron chi connectivity index (χ1n) is 13.4. The number of hydrogen-bond donors (Lipinski definition) is 2. The number of nitrogens with one attached hydrogen (secondary N) is 1. The van der Waals surface area contributed by atoms with Crippen molar-refractivity contribution in [3.05, 3.63) is 87.0 Å². The molecule has 10 heteroatoms. The fourth-order valence-corrected chi connectivity index (χ4v) is 6.27. The van der Waals surface area contributed by atoms with Crippen molar-refractivity contribution >= 4 is 29.0 Å². The van der Waals surface area contributed by atoms with Gasteiger partial charge in [0.05, 0.1) is 11.4 Å². The fourth-order valence-electron chi connectivity index (χ4n) is 5.17. The van der Waals surface area contributed by atoms with E-state index >= 15 is 4.39 Å². The molecule has 3 N–H and O–H groups in total. The van der Waals surface area contributed by atoms with E-state index in [-0.39, 0.29) is 36.2 Å². The van der Waals surface area contributed by atoms with E-state index in [1.54, 1.807) is 17.9 Å². The zero-order valence-electron chi connectivity index (χ0n) is 22.9. The minimum atomic E-state index is -4.90. The SMILES string of the molecule is C=CC#Cc1cc2c(s1)CN(C(=O)/C=C/C1CC[C@@H](C)N1)C[C@H]2c1cccc(F)c1/C(C=NCC)=C(/N)C(F)(F)F. The number of nitrogens with two attached hydrogens (primary N) is 1. The van der Waals surface area contributed by atoms with Crippen molar-refractivity contribution in [3.63, 3.8) is 0 Å². The Bertz CT molecular complexity index is 1460. The number of thiophene rings is 1. The number of aliphatic imine (C=N–C) groups is 1. The molecule has 5 nitrogen and oxygen atoms in total. The number of carbonyl (C=O) groups is 1. The summed E-state index contributed by atoms with van der Waals surface area (Å²) in [7, 11) is 0. The van der Waals surface area contributed by atoms with Gasteiger partial charge in [-0.1, -0.05) is 36.6 Å². The molecule has 1 unspecified atom stereocenters. The van der Waals surface area contributed by atoms with Gasteiger partial charge in [-0.05, 0) is 56.0 Å². The predicted molar refractivity (Wildman–Crippen MR) is 156 cm³/mol. The molecule has 1 aromatic carbocycles. The van der Waals surface area contributed by atoms with Crippen molar-refractivity contribution in [2.75, 3.05) is 13.1 Å². The van der Waals surface area contributed by atoms with Crippen molar-refractivity contribution < 1.29 is 22.4 Å². The highest BCUT2D eigenvalue weighted by atomic mass is 32.1. The van der Waals surface area contributed by atoms with Gasteiger partial charge in [0, 0.05) is 59.4 Å². The average molecular weight is 585 g/mol. The smallest absolute Gasteiger partial charge is 0.394 e. The van der Waals surface area contributed by atoms with Crippen LogP contribution < -0.4 is 11.1 Å². The van der Waals surface area contributed by atoms with Gasteiger partial charge >= 0.3 is 6.18 Å². The second-order valence-corrected chi connectivity index (χ2v) is 11.1. The third-order valence-corrected chi connectivity index (χ3v) is 8.18. The Morgan fingerprint density at radius 3 is 2.76 bits per heavy atom. The van der Waals surface area contributed by atoms with Gasteiger partial charge in [0.25, 0.3) is 0 Å². The molecule has 0 aliphatic carbocycles. The van der Waals surface area contributed by atoms with Gasteiger partial charge in [0.2, 0.25) is 5.91 Å². The van der Waals surface area contributed by atoms with Crippen LogP contribution in [-0.4, -0.2) is 48.4 Å². The monoisotopic (exact) mass is 584 g/mol. The molecule has 2 aromatic rings. The van der Waals surface area contributed by atoms with Gasteiger partial charge < -0.3 is 16.0 Å². The fraction of sp³-hybridized carbons (Fsp3) is 0.355. The van der Waals surface area contributed by atoms with E-state index in [2.05, 4.69) is 35.7 Å². The molecule has 2 aliphatic rings. The lowest BCUT2D eigenvalue weighted by Gasteiger charge is -2.34. The molecule has 0 spiro atoms. The number of amides is 1. The summed E-state index contributed by atoms with van der Waals surface area (Å²) in [5.74, 6) is 4.09. The Morgan fingerprint density at radius 2 is 2.10 bits per heavy atom. The Labute approximate surface area is 241 Å². The number of benzene rings is 1. The van der Waals surface area contributed by atoms with E-state index < -0.39 is 29.2 Å². The number of halogens is 4. The Morgan fingerprint density at radius 1 is 1.32 bits per heavy atom. The standard InChI is InChI=1S/C31H32F4N4OS/c1-4-6-8-21-15-23-25(17-39(18-27(23)41-21)28(40)14-13-20-12-11-19(3)38-20)22-9-7-10-26(32)29(22)24(16-37-5-2)30(36)31(33,34)35/h4,7,9-10,13-16,19-20,25,38H,1,5,11-12,17-18,36H2,2-3H3/b14-13+,30-24+,37-16?/t19-,20?,25+/m1/s1. The molecule has 0 bridgehead atoms. The lowest BCUT2D eigenvalue weighted by molar-refractivity contribution is -0.127. The molecular weight excluding hydrogens is 552 g/mol. The number of carbonyl (C=O) groups excluding carboxylic acids is 1. The number of alkyl halides is 3. The minimum absolute atomic E-state index is 0.0957. The van der Waals surface area contributed by atoms with Crippen molar-refractivity contribution in [3.8, 4) is 11.8 Å². The molecule has 3 heterocycles. The van der Waals surface area contributed by atoms with Gasteiger partial charge in [-0.25, -0.2) is 4.39 Å². The normalized spacial score (nSPS) is 21.5. The van der Waals surface area contributed by atoms with Crippen LogP contribution in [0.2, 0.25) is 0 Å². The third kappa shape index (κ3) is 6.97. The summed E-state index contributed by atoms with van der Waals surface area (Å²) in [5, 5.41) is 3.41. The molecule has 3 atom stereocenters. The number of allylic oxidation sites excluding steroid dienone is 3. The molecule has 216 valence electrons. The van der Waals surface area contributed by atoms with Crippen LogP contribution in [0.15, 0.2) is 59.8 Å². The molecule has 41 heavy (non-hydrogen) atoms. The van der Waals surface area contributed by atoms with Crippen LogP contribution >= 0.6 is 11.3 Å². The molecular formula is C31H32F4N4OS. The lowest BCUT2D eigenvalue weighted by Crippen LogP contribution is -2.37. The largest absolute Gasteiger partial charge is 0.431 e. The van der Waals surface area contributed by atoms with Crippen molar-refractivity contribution in [1.29, 1.82) is 0 Å². The summed E-state index contributed by atoms with van der Waals surface area (Å²) < 4.78 is 57.0. The summed E-state index contributed by atoms with van der Waals surface area (Å²) in [6, 6.07) is 6.45. The van der Waals surface area contributed by atoms with E-state index in [1.807, 2.05) is 12.1 Å². The maximum absolute atomic E-state index is 15.5. The molecule has 1 saturated heterocycles. The van der Waals surface area contributed by atoms with Crippen LogP contribution in [0.1, 0.15) is 59.1 Å². The van der Waals surface area contributed by atoms with Crippen LogP contribution in [0, 0.1) is 17.7 Å². The van der Waals surface area contributed by atoms with Crippen molar-refractivity contribution in [2.45, 2.75) is 57.4 Å². The molecule has 0 saturated carbocycles. The first kappa shape index (κ1) is 30.3. The second-order valence-electron chi connectivity index (χ2n) is 10.0. The number of hydrogen-bond acceptors (Lipinski definition) is 5. The van der Waals surface area contributed by atoms with E-state index in [0.717, 1.165) is 35.6 Å². The Balaban J connectivity index is 1.83. The summed E-state index contributed by atoms with van der Waals surface area (Å²) in [6.45, 7) is 7.99. The van der Waals surface area contributed by atoms with E-state index in [4.69, 9.17) is 5.73 Å². The Hall–Kier alpha value is -3.68. The highest BCUT2D eigenvalue weighted by Crippen LogP contribution is 2.42. The molecule has 1 amide bonds. The quantitative estimate of drug-likeness (QED) is 0.192. The number of nitrogens with zero attached hydrogens (tertiary/aromatic N) is 2. The van der Waals surface area contributed by atoms with E-state index in [9.17, 15) is 18.0 Å². The van der Waals surface area contributed by atoms with Crippen LogP contribution in [0.4, 0.5) is 17.6 Å². The minimum Gasteiger partial charge on any atom is -0.394 e. The third-order valence-electron chi connectivity index (χ3n) is 7.13. The number of fused-ring (bicyclic) bond motifs is 1. The first-order chi connectivity index (χ1) is 19.5. The molecule has 1 aromatic heterocycles. The van der Waals surface area contributed by atoms with Crippen LogP contribution in [0.5, 0.6) is 0 Å². The van der Waals surface area contributed by atoms with Crippen LogP contribution in [0.25, 0.3) is 5.57 Å². The topological polar surface area (TPSA) is 70.7 Å². The lowest BCUT2D eigenvalue weighted by atomic mass is 9.83. The van der Waals surface area contributed by atoms with Gasteiger partial charge in [-0.3, -0.25) is 9.79 Å². The molecule has 0 radical (unpaired) electrons. The average Bonchev–Trinajstić information content (AvgIpc) is 3.55. The van der Waals surface area contributed by atoms with Crippen molar-refractivity contribution in [1.82, 2.24) is 10.2 Å². The van der Waals surface area contributed by atoms with Gasteiger partial charge in [-0.15, -0.1) is 11.3 Å². The highest BCUT2D eigenvalue weighted by Gasteiger charge is 2.38. The number of rotatable bonds is 6. The van der Waals surface area contributed by atoms with Gasteiger partial charge in [0.1, 0.15) is 11.5 Å². The zero-order chi connectivity index (χ0) is 29.7. The van der Waals surface area contributed by atoms with E-state index in [0.29, 0.717) is 17.5 Å². The Kier molecular flexibility index (Phi) is 9.51. The summed E-state index contributed by atoms with van der Waals surface area (Å²) in [4.78, 5) is 20.5.